The lowest BCUT2D eigenvalue weighted by atomic mass is 10.1. The first-order valence-electron chi connectivity index (χ1n) is 6.06. The molecule has 90 valence electrons. The smallest absolute Gasteiger partial charge is 0.226 e. The van der Waals surface area contributed by atoms with Gasteiger partial charge in [0.1, 0.15) is 0 Å². The van der Waals surface area contributed by atoms with Crippen LogP contribution in [0.15, 0.2) is 6.20 Å². The number of aromatic amines is 1. The number of aromatic nitrogens is 2. The second-order valence-electron chi connectivity index (χ2n) is 6.78. The third-order valence-electron chi connectivity index (χ3n) is 3.33. The average molecular weight is 222 g/mol. The fourth-order valence-electron chi connectivity index (χ4n) is 2.27. The predicted octanol–water partition coefficient (Wildman–Crippen LogP) is 2.17. The van der Waals surface area contributed by atoms with Crippen LogP contribution in [0.1, 0.15) is 52.8 Å². The molecule has 1 aromatic rings. The summed E-state index contributed by atoms with van der Waals surface area (Å²) in [5.41, 5.74) is 3.29. The molecule has 3 heteroatoms. The van der Waals surface area contributed by atoms with Gasteiger partial charge in [-0.25, -0.2) is 0 Å². The number of nitrogens with zero attached hydrogens (tertiary/aromatic N) is 2. The van der Waals surface area contributed by atoms with Crippen molar-refractivity contribution < 1.29 is 4.68 Å². The summed E-state index contributed by atoms with van der Waals surface area (Å²) in [5, 5.41) is 3.38. The summed E-state index contributed by atoms with van der Waals surface area (Å²) >= 11 is 0. The average Bonchev–Trinajstić information content (AvgIpc) is 2.53. The molecule has 0 saturated heterocycles. The molecule has 0 atom stereocenters. The first kappa shape index (κ1) is 11.6. The van der Waals surface area contributed by atoms with Gasteiger partial charge < -0.3 is 0 Å². The van der Waals surface area contributed by atoms with Gasteiger partial charge in [0.25, 0.3) is 0 Å². The van der Waals surface area contributed by atoms with E-state index in [1.165, 1.54) is 11.3 Å². The van der Waals surface area contributed by atoms with E-state index in [0.29, 0.717) is 0 Å². The largest absolute Gasteiger partial charge is 0.284 e. The van der Waals surface area contributed by atoms with Gasteiger partial charge in [-0.1, -0.05) is 0 Å². The molecule has 0 spiro atoms. The highest BCUT2D eigenvalue weighted by Crippen LogP contribution is 2.27. The van der Waals surface area contributed by atoms with Gasteiger partial charge in [-0.05, 0) is 20.8 Å². The SMILES string of the molecule is CC(C)(C)N1Cc2c[nH][n+](C(C)(C)C)c2C1. The minimum atomic E-state index is 0.140. The maximum absolute atomic E-state index is 3.38. The molecule has 0 bridgehead atoms. The van der Waals surface area contributed by atoms with Crippen molar-refractivity contribution in [3.05, 3.63) is 17.5 Å². The molecule has 0 aromatic carbocycles. The van der Waals surface area contributed by atoms with E-state index in [4.69, 9.17) is 0 Å². The number of H-pyrrole nitrogens is 1. The van der Waals surface area contributed by atoms with Crippen LogP contribution in [0.5, 0.6) is 0 Å². The molecule has 1 aliphatic rings. The van der Waals surface area contributed by atoms with Crippen LogP contribution in [0.3, 0.4) is 0 Å². The molecular weight excluding hydrogens is 198 g/mol. The van der Waals surface area contributed by atoms with Crippen molar-refractivity contribution in [1.29, 1.82) is 0 Å². The van der Waals surface area contributed by atoms with E-state index < -0.39 is 0 Å². The Hall–Kier alpha value is -0.830. The summed E-state index contributed by atoms with van der Waals surface area (Å²) in [4.78, 5) is 2.52. The van der Waals surface area contributed by atoms with Gasteiger partial charge in [0.05, 0.1) is 18.3 Å². The molecule has 0 saturated carbocycles. The van der Waals surface area contributed by atoms with E-state index in [1.807, 2.05) is 0 Å². The topological polar surface area (TPSA) is 22.9 Å². The molecule has 1 aromatic heterocycles. The lowest BCUT2D eigenvalue weighted by Gasteiger charge is -2.30. The molecule has 0 unspecified atom stereocenters. The molecule has 0 aliphatic carbocycles. The zero-order valence-corrected chi connectivity index (χ0v) is 11.4. The van der Waals surface area contributed by atoms with Crippen LogP contribution in [0.2, 0.25) is 0 Å². The number of fused-ring (bicyclic) bond motifs is 1. The normalized spacial score (nSPS) is 17.9. The minimum Gasteiger partial charge on any atom is -0.284 e. The number of hydrogen-bond donors (Lipinski definition) is 1. The lowest BCUT2D eigenvalue weighted by molar-refractivity contribution is -0.808. The highest BCUT2D eigenvalue weighted by Gasteiger charge is 2.38. The molecule has 1 aliphatic heterocycles. The van der Waals surface area contributed by atoms with Crippen LogP contribution in [-0.4, -0.2) is 15.5 Å². The van der Waals surface area contributed by atoms with Crippen molar-refractivity contribution in [2.75, 3.05) is 0 Å². The van der Waals surface area contributed by atoms with Crippen molar-refractivity contribution in [2.45, 2.75) is 65.7 Å². The molecule has 3 nitrogen and oxygen atoms in total. The molecule has 2 heterocycles. The van der Waals surface area contributed by atoms with Gasteiger partial charge in [-0.3, -0.25) is 4.90 Å². The number of hydrogen-bond acceptors (Lipinski definition) is 1. The maximum Gasteiger partial charge on any atom is 0.226 e. The van der Waals surface area contributed by atoms with Gasteiger partial charge in [0.2, 0.25) is 5.69 Å². The van der Waals surface area contributed by atoms with Crippen LogP contribution in [-0.2, 0) is 18.6 Å². The zero-order chi connectivity index (χ0) is 12.1. The zero-order valence-electron chi connectivity index (χ0n) is 11.4. The fourth-order valence-corrected chi connectivity index (χ4v) is 2.27. The second-order valence-corrected chi connectivity index (χ2v) is 6.78. The van der Waals surface area contributed by atoms with E-state index in [-0.39, 0.29) is 11.1 Å². The minimum absolute atomic E-state index is 0.140. The summed E-state index contributed by atoms with van der Waals surface area (Å²) < 4.78 is 2.30. The Balaban J connectivity index is 2.30. The third-order valence-corrected chi connectivity index (χ3v) is 3.33. The fraction of sp³-hybridized carbons (Fsp3) is 0.769. The highest BCUT2D eigenvalue weighted by atomic mass is 15.4. The molecule has 0 fully saturated rings. The van der Waals surface area contributed by atoms with Crippen molar-refractivity contribution in [1.82, 2.24) is 10.00 Å². The molecule has 16 heavy (non-hydrogen) atoms. The van der Waals surface area contributed by atoms with E-state index >= 15 is 0 Å². The summed E-state index contributed by atoms with van der Waals surface area (Å²) in [6, 6.07) is 0. The van der Waals surface area contributed by atoms with Crippen molar-refractivity contribution in [2.24, 2.45) is 0 Å². The molecular formula is C13H24N3+. The Morgan fingerprint density at radius 3 is 2.25 bits per heavy atom. The van der Waals surface area contributed by atoms with Gasteiger partial charge in [-0.2, -0.15) is 5.10 Å². The monoisotopic (exact) mass is 222 g/mol. The third kappa shape index (κ3) is 1.88. The standard InChI is InChI=1S/C13H23N3/c1-12(2,3)15-8-10-7-14-16(11(10)9-15)13(4,5)6/h7H,8-9H2,1-6H3/p+1. The van der Waals surface area contributed by atoms with Crippen LogP contribution in [0, 0.1) is 0 Å². The van der Waals surface area contributed by atoms with Crippen LogP contribution in [0.4, 0.5) is 0 Å². The first-order valence-corrected chi connectivity index (χ1v) is 6.06. The molecule has 2 rings (SSSR count). The van der Waals surface area contributed by atoms with E-state index in [1.54, 1.807) is 0 Å². The van der Waals surface area contributed by atoms with Crippen LogP contribution >= 0.6 is 0 Å². The van der Waals surface area contributed by atoms with E-state index in [2.05, 4.69) is 62.4 Å². The second kappa shape index (κ2) is 3.33. The molecule has 0 radical (unpaired) electrons. The van der Waals surface area contributed by atoms with E-state index in [9.17, 15) is 0 Å². The summed E-state index contributed by atoms with van der Waals surface area (Å²) in [6.45, 7) is 15.7. The summed E-state index contributed by atoms with van der Waals surface area (Å²) in [6.07, 6.45) is 2.16. The first-order chi connectivity index (χ1) is 7.19. The van der Waals surface area contributed by atoms with Gasteiger partial charge in [-0.15, -0.1) is 4.68 Å². The van der Waals surface area contributed by atoms with Crippen molar-refractivity contribution in [3.8, 4) is 0 Å². The van der Waals surface area contributed by atoms with Crippen LogP contribution < -0.4 is 4.68 Å². The van der Waals surface area contributed by atoms with E-state index in [0.717, 1.165) is 13.1 Å². The van der Waals surface area contributed by atoms with Gasteiger partial charge in [0, 0.05) is 32.9 Å². The number of nitrogens with one attached hydrogen (secondary N) is 1. The Morgan fingerprint density at radius 1 is 1.12 bits per heavy atom. The lowest BCUT2D eigenvalue weighted by Crippen LogP contribution is -2.54. The Kier molecular flexibility index (Phi) is 2.42. The quantitative estimate of drug-likeness (QED) is 0.668. The number of rotatable bonds is 0. The maximum atomic E-state index is 3.38. The molecule has 1 N–H and O–H groups in total. The van der Waals surface area contributed by atoms with Crippen molar-refractivity contribution in [3.63, 3.8) is 0 Å². The predicted molar refractivity (Wildman–Crippen MR) is 65.0 cm³/mol. The Bertz CT molecular complexity index is 390. The highest BCUT2D eigenvalue weighted by molar-refractivity contribution is 5.18. The summed E-state index contributed by atoms with van der Waals surface area (Å²) in [7, 11) is 0. The van der Waals surface area contributed by atoms with Gasteiger partial charge in [0.15, 0.2) is 5.54 Å². The van der Waals surface area contributed by atoms with Crippen molar-refractivity contribution >= 4 is 0 Å². The Morgan fingerprint density at radius 2 is 1.75 bits per heavy atom. The van der Waals surface area contributed by atoms with Crippen LogP contribution in [0.25, 0.3) is 0 Å². The van der Waals surface area contributed by atoms with Gasteiger partial charge >= 0.3 is 0 Å². The summed E-state index contributed by atoms with van der Waals surface area (Å²) in [5.74, 6) is 0. The Labute approximate surface area is 98.4 Å². The molecule has 0 amide bonds.